The number of hydrogen-bond donors (Lipinski definition) is 2. The number of hydrogen-bond acceptors (Lipinski definition) is 3. The lowest BCUT2D eigenvalue weighted by molar-refractivity contribution is 0.266. The summed E-state index contributed by atoms with van der Waals surface area (Å²) >= 11 is 1.77. The van der Waals surface area contributed by atoms with E-state index in [1.165, 1.54) is 10.4 Å². The molecule has 14 heavy (non-hydrogen) atoms. The van der Waals surface area contributed by atoms with Gasteiger partial charge in [-0.3, -0.25) is 0 Å². The molecule has 0 radical (unpaired) electrons. The number of rotatable bonds is 6. The van der Waals surface area contributed by atoms with Crippen molar-refractivity contribution in [3.05, 3.63) is 21.9 Å². The summed E-state index contributed by atoms with van der Waals surface area (Å²) in [6.07, 6.45) is 1.94. The van der Waals surface area contributed by atoms with Crippen molar-refractivity contribution in [2.24, 2.45) is 0 Å². The minimum atomic E-state index is 0.249. The molecule has 0 bridgehead atoms. The molecule has 0 fully saturated rings. The monoisotopic (exact) mass is 213 g/mol. The van der Waals surface area contributed by atoms with Crippen molar-refractivity contribution in [3.63, 3.8) is 0 Å². The zero-order valence-corrected chi connectivity index (χ0v) is 9.73. The Bertz CT molecular complexity index is 260. The molecule has 1 unspecified atom stereocenters. The first-order chi connectivity index (χ1) is 6.79. The van der Waals surface area contributed by atoms with Gasteiger partial charge in [-0.05, 0) is 43.3 Å². The van der Waals surface area contributed by atoms with Crippen molar-refractivity contribution < 1.29 is 5.11 Å². The van der Waals surface area contributed by atoms with Gasteiger partial charge in [0.25, 0.3) is 0 Å². The molecule has 1 aromatic heterocycles. The Morgan fingerprint density at radius 3 is 2.86 bits per heavy atom. The van der Waals surface area contributed by atoms with Crippen molar-refractivity contribution in [1.82, 2.24) is 5.32 Å². The number of aryl methyl sites for hydroxylation is 1. The maximum atomic E-state index is 8.99. The summed E-state index contributed by atoms with van der Waals surface area (Å²) < 4.78 is 0. The van der Waals surface area contributed by atoms with Crippen LogP contribution in [0.1, 0.15) is 36.2 Å². The van der Waals surface area contributed by atoms with Crippen LogP contribution in [0.25, 0.3) is 0 Å². The Balaban J connectivity index is 2.62. The van der Waals surface area contributed by atoms with Crippen LogP contribution in [0.3, 0.4) is 0 Å². The Kier molecular flexibility index (Phi) is 5.15. The lowest BCUT2D eigenvalue weighted by Gasteiger charge is -2.16. The van der Waals surface area contributed by atoms with Gasteiger partial charge in [0.1, 0.15) is 0 Å². The van der Waals surface area contributed by atoms with Gasteiger partial charge in [0.2, 0.25) is 0 Å². The summed E-state index contributed by atoms with van der Waals surface area (Å²) in [6.45, 7) is 5.55. The standard InChI is InChI=1S/C11H19NOS/c1-3-6-12-10(4-7-13)11-9(2)5-8-14-11/h5,8,10,12-13H,3-4,6-7H2,1-2H3. The molecule has 1 rings (SSSR count). The molecular weight excluding hydrogens is 194 g/mol. The van der Waals surface area contributed by atoms with Crippen LogP contribution in [0.15, 0.2) is 11.4 Å². The molecule has 0 spiro atoms. The largest absolute Gasteiger partial charge is 0.396 e. The van der Waals surface area contributed by atoms with Gasteiger partial charge in [-0.2, -0.15) is 0 Å². The Morgan fingerprint density at radius 2 is 2.36 bits per heavy atom. The number of aliphatic hydroxyl groups is 1. The lowest BCUT2D eigenvalue weighted by Crippen LogP contribution is -2.22. The van der Waals surface area contributed by atoms with Crippen LogP contribution >= 0.6 is 11.3 Å². The molecule has 0 aliphatic heterocycles. The molecule has 0 aromatic carbocycles. The van der Waals surface area contributed by atoms with Crippen LogP contribution in [0.2, 0.25) is 0 Å². The first-order valence-corrected chi connectivity index (χ1v) is 6.05. The van der Waals surface area contributed by atoms with E-state index < -0.39 is 0 Å². The van der Waals surface area contributed by atoms with Crippen LogP contribution in [0.4, 0.5) is 0 Å². The normalized spacial score (nSPS) is 13.1. The molecule has 0 saturated carbocycles. The molecule has 1 aromatic rings. The fourth-order valence-electron chi connectivity index (χ4n) is 1.51. The van der Waals surface area contributed by atoms with Gasteiger partial charge in [0, 0.05) is 17.5 Å². The molecular formula is C11H19NOS. The fourth-order valence-corrected chi connectivity index (χ4v) is 2.55. The third-order valence-electron chi connectivity index (χ3n) is 2.28. The van der Waals surface area contributed by atoms with E-state index in [0.29, 0.717) is 6.04 Å². The van der Waals surface area contributed by atoms with Gasteiger partial charge in [-0.1, -0.05) is 6.92 Å². The molecule has 0 amide bonds. The van der Waals surface area contributed by atoms with Crippen molar-refractivity contribution >= 4 is 11.3 Å². The molecule has 2 N–H and O–H groups in total. The minimum absolute atomic E-state index is 0.249. The lowest BCUT2D eigenvalue weighted by atomic mass is 10.1. The van der Waals surface area contributed by atoms with Crippen LogP contribution in [-0.2, 0) is 0 Å². The number of nitrogens with one attached hydrogen (secondary N) is 1. The van der Waals surface area contributed by atoms with Crippen molar-refractivity contribution in [2.45, 2.75) is 32.7 Å². The Hall–Kier alpha value is -0.380. The Labute approximate surface area is 90.0 Å². The smallest absolute Gasteiger partial charge is 0.0449 e. The predicted molar refractivity (Wildman–Crippen MR) is 61.8 cm³/mol. The summed E-state index contributed by atoms with van der Waals surface area (Å²) in [4.78, 5) is 1.37. The van der Waals surface area contributed by atoms with Crippen LogP contribution < -0.4 is 5.32 Å². The van der Waals surface area contributed by atoms with Gasteiger partial charge in [0.15, 0.2) is 0 Å². The van der Waals surface area contributed by atoms with Gasteiger partial charge in [0.05, 0.1) is 0 Å². The van der Waals surface area contributed by atoms with E-state index in [9.17, 15) is 0 Å². The molecule has 1 heterocycles. The maximum Gasteiger partial charge on any atom is 0.0449 e. The minimum Gasteiger partial charge on any atom is -0.396 e. The summed E-state index contributed by atoms with van der Waals surface area (Å²) in [5.41, 5.74) is 1.33. The SMILES string of the molecule is CCCNC(CCO)c1sccc1C. The average molecular weight is 213 g/mol. The molecule has 0 aliphatic carbocycles. The van der Waals surface area contributed by atoms with Crippen molar-refractivity contribution in [1.29, 1.82) is 0 Å². The zero-order chi connectivity index (χ0) is 10.4. The topological polar surface area (TPSA) is 32.3 Å². The highest BCUT2D eigenvalue weighted by atomic mass is 32.1. The van der Waals surface area contributed by atoms with Gasteiger partial charge in [-0.25, -0.2) is 0 Å². The van der Waals surface area contributed by atoms with Crippen LogP contribution in [0, 0.1) is 6.92 Å². The van der Waals surface area contributed by atoms with Crippen LogP contribution in [-0.4, -0.2) is 18.3 Å². The van der Waals surface area contributed by atoms with Gasteiger partial charge in [-0.15, -0.1) is 11.3 Å². The summed E-state index contributed by atoms with van der Waals surface area (Å²) in [5.74, 6) is 0. The summed E-state index contributed by atoms with van der Waals surface area (Å²) in [7, 11) is 0. The van der Waals surface area contributed by atoms with Crippen molar-refractivity contribution in [2.75, 3.05) is 13.2 Å². The maximum absolute atomic E-state index is 8.99. The third kappa shape index (κ3) is 3.08. The average Bonchev–Trinajstić information content (AvgIpc) is 2.59. The molecule has 2 nitrogen and oxygen atoms in total. The van der Waals surface area contributed by atoms with E-state index in [1.807, 2.05) is 0 Å². The van der Waals surface area contributed by atoms with Crippen molar-refractivity contribution in [3.8, 4) is 0 Å². The summed E-state index contributed by atoms with van der Waals surface area (Å²) in [6, 6.07) is 2.47. The van der Waals surface area contributed by atoms with E-state index in [0.717, 1.165) is 19.4 Å². The zero-order valence-electron chi connectivity index (χ0n) is 8.92. The molecule has 80 valence electrons. The highest BCUT2D eigenvalue weighted by Gasteiger charge is 2.13. The van der Waals surface area contributed by atoms with Gasteiger partial charge < -0.3 is 10.4 Å². The van der Waals surface area contributed by atoms with E-state index in [-0.39, 0.29) is 6.61 Å². The van der Waals surface area contributed by atoms with Gasteiger partial charge >= 0.3 is 0 Å². The second-order valence-electron chi connectivity index (χ2n) is 3.49. The second kappa shape index (κ2) is 6.17. The first kappa shape index (κ1) is 11.7. The van der Waals surface area contributed by atoms with E-state index in [2.05, 4.69) is 30.6 Å². The van der Waals surface area contributed by atoms with E-state index >= 15 is 0 Å². The number of aliphatic hydroxyl groups excluding tert-OH is 1. The highest BCUT2D eigenvalue weighted by Crippen LogP contribution is 2.25. The summed E-state index contributed by atoms with van der Waals surface area (Å²) in [5, 5.41) is 14.6. The van der Waals surface area contributed by atoms with E-state index in [1.54, 1.807) is 11.3 Å². The molecule has 3 heteroatoms. The van der Waals surface area contributed by atoms with E-state index in [4.69, 9.17) is 5.11 Å². The third-order valence-corrected chi connectivity index (χ3v) is 3.41. The highest BCUT2D eigenvalue weighted by molar-refractivity contribution is 7.10. The van der Waals surface area contributed by atoms with Crippen LogP contribution in [0.5, 0.6) is 0 Å². The molecule has 0 saturated heterocycles. The molecule has 1 atom stereocenters. The molecule has 0 aliphatic rings. The Morgan fingerprint density at radius 1 is 1.57 bits per heavy atom. The quantitative estimate of drug-likeness (QED) is 0.761. The fraction of sp³-hybridized carbons (Fsp3) is 0.636. The number of thiophene rings is 1. The second-order valence-corrected chi connectivity index (χ2v) is 4.43. The first-order valence-electron chi connectivity index (χ1n) is 5.17. The predicted octanol–water partition coefficient (Wildman–Crippen LogP) is 2.48.